The second-order valence-electron chi connectivity index (χ2n) is 11.7. The minimum absolute atomic E-state index is 0.159. The fourth-order valence-electron chi connectivity index (χ4n) is 5.47. The van der Waals surface area contributed by atoms with Gasteiger partial charge in [0.2, 0.25) is 0 Å². The van der Waals surface area contributed by atoms with Crippen LogP contribution in [0.25, 0.3) is 0 Å². The lowest BCUT2D eigenvalue weighted by atomic mass is 9.88. The average Bonchev–Trinajstić information content (AvgIpc) is 3.45. The van der Waals surface area contributed by atoms with Crippen molar-refractivity contribution in [3.05, 3.63) is 136 Å². The summed E-state index contributed by atoms with van der Waals surface area (Å²) >= 11 is 12.0. The van der Waals surface area contributed by atoms with Crippen LogP contribution >= 0.6 is 23.2 Å². The topological polar surface area (TPSA) is 37.8 Å². The molecule has 1 aliphatic heterocycles. The van der Waals surface area contributed by atoms with Crippen molar-refractivity contribution in [1.82, 2.24) is 14.8 Å². The standard InChI is InChI=1S/C21H26ClNO.C16H19ClN2O/c1-21(17-7-4-3-5-8-17,18-10-12-19(22)13-11-18)24-16-14-20-9-6-15-23(20)2;1-19(2)11-12-20-16(15-5-3-4-10-18-15)13-6-8-14(17)9-7-13/h3-5,7-8,10-13,20H,6,9,14-16H2,1-2H3;3-10,16H,11-12H2,1-2H3/t20-,21-;/m1./s1. The van der Waals surface area contributed by atoms with Crippen LogP contribution in [0.1, 0.15) is 54.7 Å². The summed E-state index contributed by atoms with van der Waals surface area (Å²) in [6.07, 6.45) is 5.28. The van der Waals surface area contributed by atoms with Gasteiger partial charge in [-0.25, -0.2) is 0 Å². The molecule has 0 saturated carbocycles. The highest BCUT2D eigenvalue weighted by atomic mass is 35.5. The Morgan fingerprint density at radius 3 is 2.09 bits per heavy atom. The van der Waals surface area contributed by atoms with E-state index in [1.807, 2.05) is 74.8 Å². The highest BCUT2D eigenvalue weighted by molar-refractivity contribution is 6.30. The zero-order valence-corrected chi connectivity index (χ0v) is 27.8. The van der Waals surface area contributed by atoms with Crippen molar-refractivity contribution in [2.45, 2.75) is 43.9 Å². The highest BCUT2D eigenvalue weighted by Gasteiger charge is 2.31. The van der Waals surface area contributed by atoms with Gasteiger partial charge in [-0.15, -0.1) is 0 Å². The van der Waals surface area contributed by atoms with Gasteiger partial charge >= 0.3 is 0 Å². The quantitative estimate of drug-likeness (QED) is 0.156. The molecule has 3 aromatic carbocycles. The highest BCUT2D eigenvalue weighted by Crippen LogP contribution is 2.34. The largest absolute Gasteiger partial charge is 0.366 e. The number of pyridine rings is 1. The van der Waals surface area contributed by atoms with Crippen LogP contribution in [0.3, 0.4) is 0 Å². The zero-order valence-electron chi connectivity index (χ0n) is 26.3. The van der Waals surface area contributed by atoms with Gasteiger partial charge in [-0.05, 0) is 107 Å². The molecule has 7 heteroatoms. The van der Waals surface area contributed by atoms with Crippen molar-refractivity contribution in [1.29, 1.82) is 0 Å². The third-order valence-corrected chi connectivity index (χ3v) is 8.69. The molecule has 0 spiro atoms. The van der Waals surface area contributed by atoms with Crippen LogP contribution in [-0.4, -0.2) is 68.3 Å². The van der Waals surface area contributed by atoms with Crippen LogP contribution in [-0.2, 0) is 15.1 Å². The molecule has 1 fully saturated rings. The summed E-state index contributed by atoms with van der Waals surface area (Å²) in [6, 6.07) is 32.7. The number of benzene rings is 3. The van der Waals surface area contributed by atoms with E-state index in [1.165, 1.54) is 24.9 Å². The Bertz CT molecular complexity index is 1370. The molecule has 0 aliphatic carbocycles. The van der Waals surface area contributed by atoms with Gasteiger partial charge in [0, 0.05) is 35.4 Å². The molecule has 1 aromatic heterocycles. The van der Waals surface area contributed by atoms with Crippen LogP contribution in [0.5, 0.6) is 0 Å². The molecule has 0 N–H and O–H groups in total. The first-order valence-electron chi connectivity index (χ1n) is 15.3. The van der Waals surface area contributed by atoms with Crippen molar-refractivity contribution in [3.8, 4) is 0 Å². The SMILES string of the molecule is CN(C)CCOC(c1ccc(Cl)cc1)c1ccccn1.CN1CCC[C@@H]1CCO[C@](C)(c1ccccc1)c1ccc(Cl)cc1. The maximum atomic E-state index is 6.48. The Labute approximate surface area is 273 Å². The number of likely N-dealkylation sites (tertiary alicyclic amines) is 1. The first kappa shape index (κ1) is 34.1. The van der Waals surface area contributed by atoms with E-state index in [2.05, 4.69) is 65.2 Å². The third kappa shape index (κ3) is 9.87. The smallest absolute Gasteiger partial charge is 0.124 e. The Hall–Kier alpha value is -2.77. The Morgan fingerprint density at radius 1 is 0.864 bits per heavy atom. The normalized spacial score (nSPS) is 17.1. The molecule has 0 radical (unpaired) electrons. The second-order valence-corrected chi connectivity index (χ2v) is 12.6. The van der Waals surface area contributed by atoms with Gasteiger partial charge in [0.05, 0.1) is 12.3 Å². The van der Waals surface area contributed by atoms with E-state index < -0.39 is 5.60 Å². The minimum Gasteiger partial charge on any atom is -0.366 e. The predicted octanol–water partition coefficient (Wildman–Crippen LogP) is 8.51. The molecule has 5 rings (SSSR count). The van der Waals surface area contributed by atoms with Crippen LogP contribution in [0.2, 0.25) is 10.0 Å². The van der Waals surface area contributed by atoms with Gasteiger partial charge in [0.15, 0.2) is 0 Å². The monoisotopic (exact) mass is 633 g/mol. The van der Waals surface area contributed by atoms with Crippen molar-refractivity contribution >= 4 is 23.2 Å². The number of hydrogen-bond acceptors (Lipinski definition) is 5. The first-order chi connectivity index (χ1) is 21.3. The summed E-state index contributed by atoms with van der Waals surface area (Å²) in [6.45, 7) is 5.64. The Kier molecular flexibility index (Phi) is 13.2. The molecule has 44 heavy (non-hydrogen) atoms. The number of likely N-dealkylation sites (N-methyl/N-ethyl adjacent to an activating group) is 1. The number of ether oxygens (including phenoxy) is 2. The molecule has 2 heterocycles. The molecule has 3 atom stereocenters. The molecule has 0 amide bonds. The second kappa shape index (κ2) is 17.1. The fourth-order valence-corrected chi connectivity index (χ4v) is 5.73. The summed E-state index contributed by atoms with van der Waals surface area (Å²) in [4.78, 5) is 8.95. The van der Waals surface area contributed by atoms with Crippen LogP contribution < -0.4 is 0 Å². The molecule has 1 unspecified atom stereocenters. The number of rotatable bonds is 12. The van der Waals surface area contributed by atoms with E-state index in [0.717, 1.165) is 46.4 Å². The van der Waals surface area contributed by atoms with Gasteiger partial charge in [0.1, 0.15) is 11.7 Å². The van der Waals surface area contributed by atoms with E-state index in [1.54, 1.807) is 6.20 Å². The molecule has 4 aromatic rings. The van der Waals surface area contributed by atoms with Gasteiger partial charge in [-0.1, -0.05) is 83.9 Å². The van der Waals surface area contributed by atoms with Crippen molar-refractivity contribution in [3.63, 3.8) is 0 Å². The van der Waals surface area contributed by atoms with Crippen molar-refractivity contribution < 1.29 is 9.47 Å². The van der Waals surface area contributed by atoms with Gasteiger partial charge in [-0.2, -0.15) is 0 Å². The van der Waals surface area contributed by atoms with Crippen molar-refractivity contribution in [2.75, 3.05) is 47.4 Å². The summed E-state index contributed by atoms with van der Waals surface area (Å²) in [5.74, 6) is 0. The van der Waals surface area contributed by atoms with E-state index in [-0.39, 0.29) is 6.10 Å². The van der Waals surface area contributed by atoms with E-state index in [4.69, 9.17) is 32.7 Å². The first-order valence-corrected chi connectivity index (χ1v) is 16.1. The molecular formula is C37H45Cl2N3O2. The maximum absolute atomic E-state index is 6.48. The average molecular weight is 635 g/mol. The van der Waals surface area contributed by atoms with Crippen LogP contribution in [0.15, 0.2) is 103 Å². The summed E-state index contributed by atoms with van der Waals surface area (Å²) < 4.78 is 12.5. The van der Waals surface area contributed by atoms with Gasteiger partial charge in [-0.3, -0.25) is 4.98 Å². The number of nitrogens with zero attached hydrogens (tertiary/aromatic N) is 3. The lowest BCUT2D eigenvalue weighted by Crippen LogP contribution is -2.31. The number of halogens is 2. The third-order valence-electron chi connectivity index (χ3n) is 8.19. The summed E-state index contributed by atoms with van der Waals surface area (Å²) in [5, 5.41) is 1.48. The number of hydrogen-bond donors (Lipinski definition) is 0. The number of aromatic nitrogens is 1. The van der Waals surface area contributed by atoms with Gasteiger partial charge in [0.25, 0.3) is 0 Å². The maximum Gasteiger partial charge on any atom is 0.124 e. The van der Waals surface area contributed by atoms with Crippen molar-refractivity contribution in [2.24, 2.45) is 0 Å². The van der Waals surface area contributed by atoms with Crippen LogP contribution in [0.4, 0.5) is 0 Å². The van der Waals surface area contributed by atoms with Gasteiger partial charge < -0.3 is 19.3 Å². The molecule has 234 valence electrons. The lowest BCUT2D eigenvalue weighted by Gasteiger charge is -2.32. The van der Waals surface area contributed by atoms with E-state index in [9.17, 15) is 0 Å². The van der Waals surface area contributed by atoms with E-state index in [0.29, 0.717) is 12.6 Å². The van der Waals surface area contributed by atoms with Crippen LogP contribution in [0, 0.1) is 0 Å². The van der Waals surface area contributed by atoms with E-state index >= 15 is 0 Å². The zero-order chi connectivity index (χ0) is 31.4. The lowest BCUT2D eigenvalue weighted by molar-refractivity contribution is -0.0117. The fraction of sp³-hybridized carbons (Fsp3) is 0.378. The molecule has 1 aliphatic rings. The molecule has 0 bridgehead atoms. The molecular weight excluding hydrogens is 589 g/mol. The molecule has 5 nitrogen and oxygen atoms in total. The summed E-state index contributed by atoms with van der Waals surface area (Å²) in [5.41, 5.74) is 3.83. The predicted molar refractivity (Wildman–Crippen MR) is 183 cm³/mol. The Balaban J connectivity index is 0.000000204. The molecule has 1 saturated heterocycles. The summed E-state index contributed by atoms with van der Waals surface area (Å²) in [7, 11) is 6.27. The Morgan fingerprint density at radius 2 is 1.50 bits per heavy atom. The minimum atomic E-state index is -0.455.